The van der Waals surface area contributed by atoms with Gasteiger partial charge in [-0.3, -0.25) is 0 Å². The summed E-state index contributed by atoms with van der Waals surface area (Å²) >= 11 is 0. The molecule has 1 rings (SSSR count). The predicted molar refractivity (Wildman–Crippen MR) is 44.9 cm³/mol. The number of hydrogen-bond donors (Lipinski definition) is 1. The van der Waals surface area contributed by atoms with Crippen molar-refractivity contribution in [3.8, 4) is 11.8 Å². The largest absolute Gasteiger partial charge is 0.506 e. The molecule has 0 aliphatic carbocycles. The summed E-state index contributed by atoms with van der Waals surface area (Å²) in [5.41, 5.74) is 0.148. The Kier molecular flexibility index (Phi) is 2.97. The van der Waals surface area contributed by atoms with Gasteiger partial charge in [0.05, 0.1) is 18.2 Å². The number of aryl methyl sites for hydroxylation is 1. The van der Waals surface area contributed by atoms with Crippen LogP contribution in [-0.4, -0.2) is 10.1 Å². The molecule has 1 aromatic rings. The van der Waals surface area contributed by atoms with E-state index >= 15 is 0 Å². The number of aromatic hydroxyl groups is 1. The first-order valence-electron chi connectivity index (χ1n) is 3.90. The summed E-state index contributed by atoms with van der Waals surface area (Å²) in [4.78, 5) is 3.54. The quantitative estimate of drug-likeness (QED) is 0.791. The van der Waals surface area contributed by atoms with Crippen LogP contribution in [-0.2, 0) is 6.42 Å². The summed E-state index contributed by atoms with van der Waals surface area (Å²) < 4.78 is 24.5. The van der Waals surface area contributed by atoms with Crippen molar-refractivity contribution in [3.05, 3.63) is 23.0 Å². The molecule has 0 unspecified atom stereocenters. The first-order chi connectivity index (χ1) is 6.56. The summed E-state index contributed by atoms with van der Waals surface area (Å²) in [6, 6.07) is 3.02. The Bertz CT molecular complexity index is 385. The molecule has 0 aliphatic rings. The molecule has 5 heteroatoms. The van der Waals surface area contributed by atoms with E-state index in [-0.39, 0.29) is 12.1 Å². The third kappa shape index (κ3) is 1.96. The van der Waals surface area contributed by atoms with Gasteiger partial charge in [0.15, 0.2) is 0 Å². The zero-order valence-corrected chi connectivity index (χ0v) is 7.46. The molecule has 0 spiro atoms. The normalized spacial score (nSPS) is 10.2. The molecule has 0 aromatic carbocycles. The Balaban J connectivity index is 3.21. The van der Waals surface area contributed by atoms with Gasteiger partial charge in [-0.1, -0.05) is 0 Å². The number of nitriles is 1. The lowest BCUT2D eigenvalue weighted by atomic mass is 10.1. The van der Waals surface area contributed by atoms with Gasteiger partial charge in [-0.25, -0.2) is 13.8 Å². The van der Waals surface area contributed by atoms with E-state index in [1.807, 2.05) is 6.07 Å². The van der Waals surface area contributed by atoms with Gasteiger partial charge < -0.3 is 5.11 Å². The van der Waals surface area contributed by atoms with Gasteiger partial charge in [0.1, 0.15) is 11.4 Å². The van der Waals surface area contributed by atoms with Crippen LogP contribution in [0.15, 0.2) is 6.07 Å². The van der Waals surface area contributed by atoms with Crippen LogP contribution in [0.2, 0.25) is 0 Å². The fourth-order valence-electron chi connectivity index (χ4n) is 1.07. The summed E-state index contributed by atoms with van der Waals surface area (Å²) in [5, 5.41) is 17.5. The van der Waals surface area contributed by atoms with Crippen LogP contribution in [0.5, 0.6) is 5.75 Å². The topological polar surface area (TPSA) is 56.9 Å². The van der Waals surface area contributed by atoms with Crippen molar-refractivity contribution < 1.29 is 13.9 Å². The van der Waals surface area contributed by atoms with Gasteiger partial charge in [-0.05, 0) is 18.6 Å². The van der Waals surface area contributed by atoms with E-state index in [1.165, 1.54) is 6.07 Å². The standard InChI is InChI=1S/C9H8F2N2O/c1-5-4-7(14)8(9(10)11)13-6(5)2-3-12/h4,9,14H,2H2,1H3. The summed E-state index contributed by atoms with van der Waals surface area (Å²) in [5.74, 6) is -0.529. The van der Waals surface area contributed by atoms with Crippen molar-refractivity contribution in [2.75, 3.05) is 0 Å². The molecule has 1 heterocycles. The lowest BCUT2D eigenvalue weighted by Gasteiger charge is -2.06. The molecule has 0 amide bonds. The van der Waals surface area contributed by atoms with E-state index in [4.69, 9.17) is 10.4 Å². The van der Waals surface area contributed by atoms with Gasteiger partial charge in [0.25, 0.3) is 6.43 Å². The van der Waals surface area contributed by atoms with E-state index in [9.17, 15) is 8.78 Å². The van der Waals surface area contributed by atoms with Crippen molar-refractivity contribution >= 4 is 0 Å². The fourth-order valence-corrected chi connectivity index (χ4v) is 1.07. The van der Waals surface area contributed by atoms with E-state index in [0.29, 0.717) is 5.56 Å². The third-order valence-corrected chi connectivity index (χ3v) is 1.78. The molecule has 0 fully saturated rings. The first kappa shape index (κ1) is 10.4. The Morgan fingerprint density at radius 1 is 1.64 bits per heavy atom. The van der Waals surface area contributed by atoms with Crippen LogP contribution in [0, 0.1) is 18.3 Å². The second-order valence-corrected chi connectivity index (χ2v) is 2.79. The van der Waals surface area contributed by atoms with Crippen molar-refractivity contribution in [1.29, 1.82) is 5.26 Å². The third-order valence-electron chi connectivity index (χ3n) is 1.78. The molecule has 0 saturated carbocycles. The lowest BCUT2D eigenvalue weighted by Crippen LogP contribution is -1.99. The van der Waals surface area contributed by atoms with Crippen LogP contribution < -0.4 is 0 Å². The van der Waals surface area contributed by atoms with E-state index in [2.05, 4.69) is 4.98 Å². The Hall–Kier alpha value is -1.70. The molecule has 0 atom stereocenters. The van der Waals surface area contributed by atoms with Gasteiger partial charge in [-0.15, -0.1) is 0 Å². The molecule has 0 bridgehead atoms. The van der Waals surface area contributed by atoms with Crippen molar-refractivity contribution in [3.63, 3.8) is 0 Å². The number of rotatable bonds is 2. The fraction of sp³-hybridized carbons (Fsp3) is 0.333. The molecule has 3 nitrogen and oxygen atoms in total. The maximum absolute atomic E-state index is 12.3. The van der Waals surface area contributed by atoms with Gasteiger partial charge in [0.2, 0.25) is 0 Å². The highest BCUT2D eigenvalue weighted by atomic mass is 19.3. The van der Waals surface area contributed by atoms with Gasteiger partial charge >= 0.3 is 0 Å². The van der Waals surface area contributed by atoms with Crippen molar-refractivity contribution in [2.45, 2.75) is 19.8 Å². The minimum Gasteiger partial charge on any atom is -0.506 e. The molecule has 1 aromatic heterocycles. The predicted octanol–water partition coefficient (Wildman–Crippen LogP) is 2.10. The van der Waals surface area contributed by atoms with Gasteiger partial charge in [-0.2, -0.15) is 5.26 Å². The number of halogens is 2. The monoisotopic (exact) mass is 198 g/mol. The second kappa shape index (κ2) is 4.01. The van der Waals surface area contributed by atoms with Crippen LogP contribution in [0.25, 0.3) is 0 Å². The van der Waals surface area contributed by atoms with Crippen LogP contribution in [0.4, 0.5) is 8.78 Å². The average Bonchev–Trinajstić information content (AvgIpc) is 2.09. The second-order valence-electron chi connectivity index (χ2n) is 2.79. The lowest BCUT2D eigenvalue weighted by molar-refractivity contribution is 0.141. The SMILES string of the molecule is Cc1cc(O)c(C(F)F)nc1CC#N. The maximum atomic E-state index is 12.3. The minimum atomic E-state index is -2.83. The molecule has 14 heavy (non-hydrogen) atoms. The summed E-state index contributed by atoms with van der Waals surface area (Å²) in [6.07, 6.45) is -2.86. The summed E-state index contributed by atoms with van der Waals surface area (Å²) in [7, 11) is 0. The van der Waals surface area contributed by atoms with Crippen molar-refractivity contribution in [1.82, 2.24) is 4.98 Å². The van der Waals surface area contributed by atoms with Crippen LogP contribution in [0.3, 0.4) is 0 Å². The molecule has 1 N–H and O–H groups in total. The maximum Gasteiger partial charge on any atom is 0.284 e. The highest BCUT2D eigenvalue weighted by Gasteiger charge is 2.16. The average molecular weight is 198 g/mol. The molecular formula is C9H8F2N2O. The number of alkyl halides is 2. The van der Waals surface area contributed by atoms with Crippen LogP contribution in [0.1, 0.15) is 23.4 Å². The molecular weight excluding hydrogens is 190 g/mol. The van der Waals surface area contributed by atoms with E-state index < -0.39 is 17.9 Å². The van der Waals surface area contributed by atoms with E-state index in [1.54, 1.807) is 6.92 Å². The highest BCUT2D eigenvalue weighted by Crippen LogP contribution is 2.27. The number of aromatic nitrogens is 1. The minimum absolute atomic E-state index is 0.0359. The molecule has 0 radical (unpaired) electrons. The zero-order valence-electron chi connectivity index (χ0n) is 7.46. The molecule has 0 saturated heterocycles. The van der Waals surface area contributed by atoms with Gasteiger partial charge in [0, 0.05) is 0 Å². The number of hydrogen-bond acceptors (Lipinski definition) is 3. The molecule has 0 aliphatic heterocycles. The molecule has 74 valence electrons. The zero-order chi connectivity index (χ0) is 10.7. The first-order valence-corrected chi connectivity index (χ1v) is 3.90. The number of nitrogens with zero attached hydrogens (tertiary/aromatic N) is 2. The smallest absolute Gasteiger partial charge is 0.284 e. The Morgan fingerprint density at radius 2 is 2.29 bits per heavy atom. The Morgan fingerprint density at radius 3 is 2.79 bits per heavy atom. The van der Waals surface area contributed by atoms with E-state index in [0.717, 1.165) is 0 Å². The number of pyridine rings is 1. The Labute approximate surface area is 79.6 Å². The highest BCUT2D eigenvalue weighted by molar-refractivity contribution is 5.35. The summed E-state index contributed by atoms with van der Waals surface area (Å²) in [6.45, 7) is 1.61. The van der Waals surface area contributed by atoms with Crippen molar-refractivity contribution in [2.24, 2.45) is 0 Å². The van der Waals surface area contributed by atoms with Crippen LogP contribution >= 0.6 is 0 Å².